The van der Waals surface area contributed by atoms with Gasteiger partial charge in [0.15, 0.2) is 0 Å². The zero-order valence-corrected chi connectivity index (χ0v) is 11.0. The second-order valence-corrected chi connectivity index (χ2v) is 4.87. The van der Waals surface area contributed by atoms with Gasteiger partial charge in [-0.25, -0.2) is 0 Å². The topological polar surface area (TPSA) is 59.0 Å². The molecule has 0 saturated carbocycles. The summed E-state index contributed by atoms with van der Waals surface area (Å²) in [5, 5.41) is 10.4. The van der Waals surface area contributed by atoms with Gasteiger partial charge in [-0.1, -0.05) is 19.3 Å². The highest BCUT2D eigenvalue weighted by atomic mass is 16.2. The first-order valence-electron chi connectivity index (χ1n) is 6.75. The molecule has 1 atom stereocenters. The van der Waals surface area contributed by atoms with Crippen molar-refractivity contribution >= 4 is 5.91 Å². The van der Waals surface area contributed by atoms with Crippen molar-refractivity contribution in [1.82, 2.24) is 20.4 Å². The SMILES string of the molecule is Cn1nccc1CNC(=O)C1CCCCCCN1. The average Bonchev–Trinajstić information content (AvgIpc) is 2.71. The molecule has 1 saturated heterocycles. The summed E-state index contributed by atoms with van der Waals surface area (Å²) in [5.74, 6) is 0.109. The molecule has 0 aromatic carbocycles. The third-order valence-corrected chi connectivity index (χ3v) is 3.49. The molecule has 2 heterocycles. The summed E-state index contributed by atoms with van der Waals surface area (Å²) in [5.41, 5.74) is 1.02. The Balaban J connectivity index is 1.81. The number of aryl methyl sites for hydroxylation is 1. The Bertz CT molecular complexity index is 380. The maximum absolute atomic E-state index is 12.1. The molecule has 0 bridgehead atoms. The van der Waals surface area contributed by atoms with Crippen molar-refractivity contribution in [3.63, 3.8) is 0 Å². The van der Waals surface area contributed by atoms with Gasteiger partial charge in [0.05, 0.1) is 18.3 Å². The number of hydrogen-bond donors (Lipinski definition) is 2. The van der Waals surface area contributed by atoms with E-state index in [2.05, 4.69) is 15.7 Å². The molecule has 1 aliphatic rings. The van der Waals surface area contributed by atoms with E-state index >= 15 is 0 Å². The van der Waals surface area contributed by atoms with Crippen LogP contribution in [0.3, 0.4) is 0 Å². The molecule has 0 radical (unpaired) electrons. The summed E-state index contributed by atoms with van der Waals surface area (Å²) in [6, 6.07) is 1.89. The fraction of sp³-hybridized carbons (Fsp3) is 0.692. The molecule has 2 N–H and O–H groups in total. The fourth-order valence-corrected chi connectivity index (χ4v) is 2.30. The number of carbonyl (C=O) groups is 1. The van der Waals surface area contributed by atoms with Crippen LogP contribution in [0.1, 0.15) is 37.8 Å². The molecule has 1 unspecified atom stereocenters. The largest absolute Gasteiger partial charge is 0.349 e. The number of hydrogen-bond acceptors (Lipinski definition) is 3. The molecule has 5 nitrogen and oxygen atoms in total. The van der Waals surface area contributed by atoms with E-state index in [1.807, 2.05) is 13.1 Å². The zero-order chi connectivity index (χ0) is 12.8. The molecular formula is C13H22N4O. The van der Waals surface area contributed by atoms with Crippen LogP contribution in [0.25, 0.3) is 0 Å². The van der Waals surface area contributed by atoms with Crippen molar-refractivity contribution in [3.05, 3.63) is 18.0 Å². The highest BCUT2D eigenvalue weighted by Gasteiger charge is 2.18. The van der Waals surface area contributed by atoms with Crippen LogP contribution in [0.5, 0.6) is 0 Å². The van der Waals surface area contributed by atoms with E-state index in [-0.39, 0.29) is 11.9 Å². The monoisotopic (exact) mass is 250 g/mol. The number of carbonyl (C=O) groups excluding carboxylic acids is 1. The number of amides is 1. The number of aromatic nitrogens is 2. The highest BCUT2D eigenvalue weighted by molar-refractivity contribution is 5.81. The Labute approximate surface area is 108 Å². The Hall–Kier alpha value is -1.36. The average molecular weight is 250 g/mol. The third-order valence-electron chi connectivity index (χ3n) is 3.49. The van der Waals surface area contributed by atoms with Crippen LogP contribution < -0.4 is 10.6 Å². The Kier molecular flexibility index (Phi) is 4.75. The molecule has 100 valence electrons. The van der Waals surface area contributed by atoms with Crippen molar-refractivity contribution in [1.29, 1.82) is 0 Å². The van der Waals surface area contributed by atoms with E-state index < -0.39 is 0 Å². The van der Waals surface area contributed by atoms with E-state index in [1.165, 1.54) is 19.3 Å². The lowest BCUT2D eigenvalue weighted by Gasteiger charge is -2.20. The molecule has 1 aromatic rings. The maximum Gasteiger partial charge on any atom is 0.237 e. The van der Waals surface area contributed by atoms with Gasteiger partial charge in [0.2, 0.25) is 5.91 Å². The first-order valence-corrected chi connectivity index (χ1v) is 6.75. The predicted octanol–water partition coefficient (Wildman–Crippen LogP) is 0.959. The summed E-state index contributed by atoms with van der Waals surface area (Å²) in [6.07, 6.45) is 7.51. The van der Waals surface area contributed by atoms with E-state index in [0.717, 1.165) is 25.1 Å². The summed E-state index contributed by atoms with van der Waals surface area (Å²) in [7, 11) is 1.88. The van der Waals surface area contributed by atoms with Crippen LogP contribution in [0.4, 0.5) is 0 Å². The second-order valence-electron chi connectivity index (χ2n) is 4.87. The molecule has 0 spiro atoms. The van der Waals surface area contributed by atoms with E-state index in [0.29, 0.717) is 6.54 Å². The number of rotatable bonds is 3. The molecule has 5 heteroatoms. The van der Waals surface area contributed by atoms with E-state index in [1.54, 1.807) is 10.9 Å². The molecule has 18 heavy (non-hydrogen) atoms. The minimum atomic E-state index is -0.0291. The maximum atomic E-state index is 12.1. The van der Waals surface area contributed by atoms with Gasteiger partial charge in [0, 0.05) is 13.2 Å². The molecule has 2 rings (SSSR count). The lowest BCUT2D eigenvalue weighted by atomic mass is 10.0. The number of nitrogens with one attached hydrogen (secondary N) is 2. The first-order chi connectivity index (χ1) is 8.77. The van der Waals surface area contributed by atoms with Crippen molar-refractivity contribution in [2.45, 2.75) is 44.7 Å². The molecule has 1 fully saturated rings. The van der Waals surface area contributed by atoms with Gasteiger partial charge in [-0.05, 0) is 25.5 Å². The van der Waals surface area contributed by atoms with Gasteiger partial charge in [0.25, 0.3) is 0 Å². The van der Waals surface area contributed by atoms with E-state index in [9.17, 15) is 4.79 Å². The van der Waals surface area contributed by atoms with Crippen LogP contribution in [-0.2, 0) is 18.4 Å². The van der Waals surface area contributed by atoms with Gasteiger partial charge in [-0.3, -0.25) is 9.48 Å². The summed E-state index contributed by atoms with van der Waals surface area (Å²) >= 11 is 0. The minimum Gasteiger partial charge on any atom is -0.349 e. The minimum absolute atomic E-state index is 0.0291. The van der Waals surface area contributed by atoms with Crippen LogP contribution in [0.2, 0.25) is 0 Å². The van der Waals surface area contributed by atoms with Crippen LogP contribution in [-0.4, -0.2) is 28.3 Å². The highest BCUT2D eigenvalue weighted by Crippen LogP contribution is 2.09. The Morgan fingerprint density at radius 2 is 2.33 bits per heavy atom. The van der Waals surface area contributed by atoms with Gasteiger partial charge in [-0.15, -0.1) is 0 Å². The molecular weight excluding hydrogens is 228 g/mol. The fourth-order valence-electron chi connectivity index (χ4n) is 2.30. The summed E-state index contributed by atoms with van der Waals surface area (Å²) < 4.78 is 1.78. The standard InChI is InChI=1S/C13H22N4O/c1-17-11(7-9-16-17)10-15-13(18)12-6-4-2-3-5-8-14-12/h7,9,12,14H,2-6,8,10H2,1H3,(H,15,18). The lowest BCUT2D eigenvalue weighted by molar-refractivity contribution is -0.123. The smallest absolute Gasteiger partial charge is 0.237 e. The quantitative estimate of drug-likeness (QED) is 0.840. The van der Waals surface area contributed by atoms with Gasteiger partial charge in [0.1, 0.15) is 0 Å². The van der Waals surface area contributed by atoms with Crippen LogP contribution >= 0.6 is 0 Å². The second kappa shape index (κ2) is 6.54. The molecule has 1 aliphatic heterocycles. The van der Waals surface area contributed by atoms with Crippen molar-refractivity contribution in [2.24, 2.45) is 7.05 Å². The number of nitrogens with zero attached hydrogens (tertiary/aromatic N) is 2. The van der Waals surface area contributed by atoms with Crippen LogP contribution in [0, 0.1) is 0 Å². The third kappa shape index (κ3) is 3.57. The van der Waals surface area contributed by atoms with Gasteiger partial charge in [-0.2, -0.15) is 5.10 Å². The first kappa shape index (κ1) is 13.1. The summed E-state index contributed by atoms with van der Waals surface area (Å²) in [4.78, 5) is 12.1. The predicted molar refractivity (Wildman–Crippen MR) is 69.9 cm³/mol. The van der Waals surface area contributed by atoms with Crippen molar-refractivity contribution < 1.29 is 4.79 Å². The van der Waals surface area contributed by atoms with Gasteiger partial charge < -0.3 is 10.6 Å². The molecule has 0 aliphatic carbocycles. The molecule has 1 amide bonds. The van der Waals surface area contributed by atoms with Crippen LogP contribution in [0.15, 0.2) is 12.3 Å². The Morgan fingerprint density at radius 1 is 1.50 bits per heavy atom. The van der Waals surface area contributed by atoms with Gasteiger partial charge >= 0.3 is 0 Å². The Morgan fingerprint density at radius 3 is 3.11 bits per heavy atom. The zero-order valence-electron chi connectivity index (χ0n) is 11.0. The summed E-state index contributed by atoms with van der Waals surface area (Å²) in [6.45, 7) is 1.50. The lowest BCUT2D eigenvalue weighted by Crippen LogP contribution is -2.44. The van der Waals surface area contributed by atoms with E-state index in [4.69, 9.17) is 0 Å². The van der Waals surface area contributed by atoms with Crippen molar-refractivity contribution in [2.75, 3.05) is 6.54 Å². The normalized spacial score (nSPS) is 21.1. The molecule has 1 aromatic heterocycles. The van der Waals surface area contributed by atoms with Crippen molar-refractivity contribution in [3.8, 4) is 0 Å².